The van der Waals surface area contributed by atoms with E-state index in [0.29, 0.717) is 30.9 Å². The van der Waals surface area contributed by atoms with E-state index >= 15 is 0 Å². The predicted octanol–water partition coefficient (Wildman–Crippen LogP) is 3.24. The van der Waals surface area contributed by atoms with Crippen molar-refractivity contribution in [3.8, 4) is 6.07 Å². The van der Waals surface area contributed by atoms with Crippen molar-refractivity contribution in [3.05, 3.63) is 53.9 Å². The van der Waals surface area contributed by atoms with Gasteiger partial charge in [0, 0.05) is 24.8 Å². The van der Waals surface area contributed by atoms with Gasteiger partial charge in [0.15, 0.2) is 0 Å². The first-order valence-electron chi connectivity index (χ1n) is 9.55. The zero-order valence-corrected chi connectivity index (χ0v) is 16.2. The number of nitrogens with one attached hydrogen (secondary N) is 2. The molecule has 2 heterocycles. The summed E-state index contributed by atoms with van der Waals surface area (Å²) >= 11 is 0. The molecule has 0 unspecified atom stereocenters. The summed E-state index contributed by atoms with van der Waals surface area (Å²) in [5.74, 6) is -0.339. The van der Waals surface area contributed by atoms with E-state index in [1.807, 2.05) is 12.1 Å². The molecule has 0 spiro atoms. The summed E-state index contributed by atoms with van der Waals surface area (Å²) in [6, 6.07) is 12.4. The van der Waals surface area contributed by atoms with Gasteiger partial charge >= 0.3 is 6.09 Å². The number of amides is 2. The molecule has 8 nitrogen and oxygen atoms in total. The lowest BCUT2D eigenvalue weighted by atomic mass is 10.1. The Morgan fingerprint density at radius 1 is 1.24 bits per heavy atom. The minimum atomic E-state index is -0.339. The van der Waals surface area contributed by atoms with Crippen LogP contribution in [-0.2, 0) is 4.74 Å². The number of anilines is 2. The first-order valence-corrected chi connectivity index (χ1v) is 9.55. The second-order valence-corrected chi connectivity index (χ2v) is 6.68. The Morgan fingerprint density at radius 3 is 2.69 bits per heavy atom. The Morgan fingerprint density at radius 2 is 2.03 bits per heavy atom. The summed E-state index contributed by atoms with van der Waals surface area (Å²) in [5, 5.41) is 15.1. The van der Waals surface area contributed by atoms with E-state index in [2.05, 4.69) is 15.6 Å². The highest BCUT2D eigenvalue weighted by Crippen LogP contribution is 2.17. The number of rotatable bonds is 5. The maximum atomic E-state index is 12.3. The molecule has 0 radical (unpaired) electrons. The van der Waals surface area contributed by atoms with Gasteiger partial charge in [-0.25, -0.2) is 9.78 Å². The molecule has 3 rings (SSSR count). The fraction of sp³-hybridized carbons (Fsp3) is 0.333. The van der Waals surface area contributed by atoms with Crippen molar-refractivity contribution in [2.24, 2.45) is 0 Å². The van der Waals surface area contributed by atoms with E-state index in [9.17, 15) is 9.59 Å². The molecule has 2 amide bonds. The number of hydrogen-bond donors (Lipinski definition) is 2. The van der Waals surface area contributed by atoms with Crippen LogP contribution in [0.3, 0.4) is 0 Å². The smallest absolute Gasteiger partial charge is 0.409 e. The highest BCUT2D eigenvalue weighted by Gasteiger charge is 2.23. The molecule has 29 heavy (non-hydrogen) atoms. The van der Waals surface area contributed by atoms with Gasteiger partial charge in [-0.1, -0.05) is 6.07 Å². The lowest BCUT2D eigenvalue weighted by molar-refractivity contribution is 0.0982. The number of likely N-dealkylation sites (tertiary alicyclic amines) is 1. The molecular formula is C21H23N5O3. The van der Waals surface area contributed by atoms with Gasteiger partial charge in [0.05, 0.1) is 30.1 Å². The van der Waals surface area contributed by atoms with Gasteiger partial charge in [-0.15, -0.1) is 0 Å². The Hall–Kier alpha value is -3.60. The molecule has 1 fully saturated rings. The van der Waals surface area contributed by atoms with Crippen LogP contribution in [0.1, 0.15) is 35.8 Å². The third-order valence-electron chi connectivity index (χ3n) is 4.64. The Kier molecular flexibility index (Phi) is 6.63. The second-order valence-electron chi connectivity index (χ2n) is 6.68. The molecule has 2 N–H and O–H groups in total. The average Bonchev–Trinajstić information content (AvgIpc) is 2.75. The van der Waals surface area contributed by atoms with Crippen LogP contribution in [-0.4, -0.2) is 47.6 Å². The number of aromatic nitrogens is 1. The lowest BCUT2D eigenvalue weighted by Gasteiger charge is -2.32. The number of carbonyl (C=O) groups excluding carboxylic acids is 2. The number of benzene rings is 1. The van der Waals surface area contributed by atoms with Crippen molar-refractivity contribution in [3.63, 3.8) is 0 Å². The highest BCUT2D eigenvalue weighted by atomic mass is 16.6. The van der Waals surface area contributed by atoms with Crippen LogP contribution in [0.2, 0.25) is 0 Å². The topological polar surface area (TPSA) is 107 Å². The largest absolute Gasteiger partial charge is 0.450 e. The van der Waals surface area contributed by atoms with E-state index in [4.69, 9.17) is 10.00 Å². The zero-order valence-electron chi connectivity index (χ0n) is 16.2. The van der Waals surface area contributed by atoms with E-state index in [1.165, 1.54) is 0 Å². The molecule has 150 valence electrons. The second kappa shape index (κ2) is 9.55. The summed E-state index contributed by atoms with van der Waals surface area (Å²) < 4.78 is 5.03. The molecule has 8 heteroatoms. The molecule has 0 saturated carbocycles. The number of pyridine rings is 1. The summed E-state index contributed by atoms with van der Waals surface area (Å²) in [7, 11) is 0. The van der Waals surface area contributed by atoms with Gasteiger partial charge in [0.2, 0.25) is 0 Å². The van der Waals surface area contributed by atoms with Gasteiger partial charge in [0.25, 0.3) is 5.91 Å². The number of nitrogens with zero attached hydrogens (tertiary/aromatic N) is 3. The summed E-state index contributed by atoms with van der Waals surface area (Å²) in [4.78, 5) is 30.0. The normalized spacial score (nSPS) is 14.0. The fourth-order valence-corrected chi connectivity index (χ4v) is 3.13. The van der Waals surface area contributed by atoms with Gasteiger partial charge in [-0.05, 0) is 50.1 Å². The van der Waals surface area contributed by atoms with Crippen molar-refractivity contribution in [1.82, 2.24) is 9.88 Å². The number of nitriles is 1. The molecule has 1 aliphatic heterocycles. The Bertz CT molecular complexity index is 899. The maximum Gasteiger partial charge on any atom is 0.409 e. The Balaban J connectivity index is 1.52. The summed E-state index contributed by atoms with van der Waals surface area (Å²) in [5.41, 5.74) is 2.13. The van der Waals surface area contributed by atoms with Crippen LogP contribution in [0.5, 0.6) is 0 Å². The minimum Gasteiger partial charge on any atom is -0.450 e. The molecule has 0 bridgehead atoms. The summed E-state index contributed by atoms with van der Waals surface area (Å²) in [6.45, 7) is 3.47. The van der Waals surface area contributed by atoms with Crippen molar-refractivity contribution in [2.75, 3.05) is 30.3 Å². The van der Waals surface area contributed by atoms with Crippen LogP contribution in [0.25, 0.3) is 0 Å². The van der Waals surface area contributed by atoms with Crippen LogP contribution < -0.4 is 10.6 Å². The number of carbonyl (C=O) groups is 2. The number of piperidine rings is 1. The predicted molar refractivity (Wildman–Crippen MR) is 109 cm³/mol. The number of ether oxygens (including phenoxy) is 1. The average molecular weight is 393 g/mol. The summed E-state index contributed by atoms with van der Waals surface area (Å²) in [6.07, 6.45) is 2.99. The molecule has 1 aliphatic rings. The Labute approximate surface area is 169 Å². The number of hydrogen-bond acceptors (Lipinski definition) is 6. The van der Waals surface area contributed by atoms with Gasteiger partial charge in [-0.3, -0.25) is 4.79 Å². The third kappa shape index (κ3) is 5.45. The van der Waals surface area contributed by atoms with Crippen LogP contribution >= 0.6 is 0 Å². The monoisotopic (exact) mass is 393 g/mol. The van der Waals surface area contributed by atoms with Crippen LogP contribution in [0.15, 0.2) is 42.6 Å². The first-order chi connectivity index (χ1) is 14.1. The SMILES string of the molecule is CCOC(=O)N1CCC(Nc2ccc(C(=O)Nc3cccc(C#N)c3)nc2)CC1. The van der Waals surface area contributed by atoms with E-state index < -0.39 is 0 Å². The van der Waals surface area contributed by atoms with E-state index in [0.717, 1.165) is 18.5 Å². The van der Waals surface area contributed by atoms with Gasteiger partial charge in [-0.2, -0.15) is 5.26 Å². The van der Waals surface area contributed by atoms with E-state index in [1.54, 1.807) is 48.4 Å². The quantitative estimate of drug-likeness (QED) is 0.807. The van der Waals surface area contributed by atoms with E-state index in [-0.39, 0.29) is 23.7 Å². The van der Waals surface area contributed by atoms with Crippen LogP contribution in [0, 0.1) is 11.3 Å². The third-order valence-corrected chi connectivity index (χ3v) is 4.64. The lowest BCUT2D eigenvalue weighted by Crippen LogP contribution is -2.42. The maximum absolute atomic E-state index is 12.3. The standard InChI is InChI=1S/C21H23N5O3/c1-2-29-21(28)26-10-8-16(9-11-26)24-18-6-7-19(23-14-18)20(27)25-17-5-3-4-15(12-17)13-22/h3-7,12,14,16,24H,2,8-11H2,1H3,(H,25,27). The molecule has 2 aromatic rings. The van der Waals surface area contributed by atoms with Gasteiger partial charge in [0.1, 0.15) is 5.69 Å². The minimum absolute atomic E-state index is 0.232. The molecular weight excluding hydrogens is 370 g/mol. The van der Waals surface area contributed by atoms with Crippen molar-refractivity contribution in [2.45, 2.75) is 25.8 Å². The highest BCUT2D eigenvalue weighted by molar-refractivity contribution is 6.03. The first kappa shape index (κ1) is 20.1. The molecule has 0 atom stereocenters. The fourth-order valence-electron chi connectivity index (χ4n) is 3.13. The molecule has 1 aromatic heterocycles. The van der Waals surface area contributed by atoms with Crippen molar-refractivity contribution in [1.29, 1.82) is 5.26 Å². The van der Waals surface area contributed by atoms with Crippen molar-refractivity contribution >= 4 is 23.4 Å². The van der Waals surface area contributed by atoms with Crippen LogP contribution in [0.4, 0.5) is 16.2 Å². The van der Waals surface area contributed by atoms with Crippen molar-refractivity contribution < 1.29 is 14.3 Å². The zero-order chi connectivity index (χ0) is 20.6. The molecule has 1 saturated heterocycles. The molecule has 0 aliphatic carbocycles. The van der Waals surface area contributed by atoms with Gasteiger partial charge < -0.3 is 20.3 Å². The molecule has 1 aromatic carbocycles.